The van der Waals surface area contributed by atoms with E-state index >= 15 is 4.39 Å². The van der Waals surface area contributed by atoms with Gasteiger partial charge in [0.05, 0.1) is 5.56 Å². The van der Waals surface area contributed by atoms with Gasteiger partial charge in [-0.05, 0) is 110 Å². The highest BCUT2D eigenvalue weighted by atomic mass is 19.4. The number of primary amides is 1. The minimum absolute atomic E-state index is 0.00701. The van der Waals surface area contributed by atoms with Crippen LogP contribution >= 0.6 is 0 Å². The molecule has 5 aromatic rings. The van der Waals surface area contributed by atoms with E-state index in [4.69, 9.17) is 5.73 Å². The number of alkyl halides is 3. The van der Waals surface area contributed by atoms with Crippen LogP contribution in [0, 0.1) is 18.7 Å². The second kappa shape index (κ2) is 17.5. The molecule has 65 heavy (non-hydrogen) atoms. The number of urea groups is 1. The smallest absolute Gasteiger partial charge is 0.372 e. The van der Waals surface area contributed by atoms with Gasteiger partial charge in [0.2, 0.25) is 5.91 Å². The van der Waals surface area contributed by atoms with Gasteiger partial charge in [-0.3, -0.25) is 29.5 Å². The summed E-state index contributed by atoms with van der Waals surface area (Å²) in [4.78, 5) is 62.6. The lowest BCUT2D eigenvalue weighted by Crippen LogP contribution is -2.49. The molecule has 4 aliphatic heterocycles. The fourth-order valence-electron chi connectivity index (χ4n) is 9.19. The lowest BCUT2D eigenvalue weighted by atomic mass is 9.95. The Labute approximate surface area is 371 Å². The number of pyridine rings is 1. The molecule has 5 amide bonds. The number of carbonyl (C=O) groups is 4. The molecule has 5 N–H and O–H groups in total. The molecule has 19 heteroatoms. The van der Waals surface area contributed by atoms with Crippen LogP contribution in [0.2, 0.25) is 0 Å². The molecule has 2 aromatic heterocycles. The Balaban J connectivity index is 0.804. The van der Waals surface area contributed by atoms with Crippen LogP contribution < -0.4 is 36.4 Å². The van der Waals surface area contributed by atoms with Crippen molar-refractivity contribution in [1.29, 1.82) is 0 Å². The molecule has 3 aromatic carbocycles. The number of anilines is 6. The van der Waals surface area contributed by atoms with Gasteiger partial charge in [-0.15, -0.1) is 0 Å². The molecule has 0 aliphatic carbocycles. The lowest BCUT2D eigenvalue weighted by Gasteiger charge is -2.40. The summed E-state index contributed by atoms with van der Waals surface area (Å²) < 4.78 is 57.3. The first-order valence-corrected chi connectivity index (χ1v) is 21.6. The monoisotopic (exact) mass is 893 g/mol. The number of benzene rings is 3. The van der Waals surface area contributed by atoms with Crippen LogP contribution in [0.25, 0.3) is 11.3 Å². The molecule has 9 rings (SSSR count). The second-order valence-electron chi connectivity index (χ2n) is 16.8. The zero-order valence-corrected chi connectivity index (χ0v) is 35.6. The molecule has 338 valence electrons. The van der Waals surface area contributed by atoms with E-state index in [9.17, 15) is 32.3 Å². The van der Waals surface area contributed by atoms with Crippen LogP contribution in [0.3, 0.4) is 0 Å². The summed E-state index contributed by atoms with van der Waals surface area (Å²) >= 11 is 0. The molecule has 15 nitrogen and oxygen atoms in total. The number of hydrogen-bond acceptors (Lipinski definition) is 10. The molecular weight excluding hydrogens is 847 g/mol. The average molecular weight is 894 g/mol. The summed E-state index contributed by atoms with van der Waals surface area (Å²) in [5.41, 5.74) is 9.36. The van der Waals surface area contributed by atoms with E-state index in [1.165, 1.54) is 19.1 Å². The molecule has 0 unspecified atom stereocenters. The Morgan fingerprint density at radius 2 is 1.54 bits per heavy atom. The lowest BCUT2D eigenvalue weighted by molar-refractivity contribution is -0.137. The number of aryl methyl sites for hydroxylation is 2. The predicted molar refractivity (Wildman–Crippen MR) is 237 cm³/mol. The number of imide groups is 1. The number of nitrogens with one attached hydrogen (secondary N) is 3. The van der Waals surface area contributed by atoms with Gasteiger partial charge in [-0.2, -0.15) is 18.3 Å². The van der Waals surface area contributed by atoms with Crippen molar-refractivity contribution in [2.45, 2.75) is 45.3 Å². The van der Waals surface area contributed by atoms with Crippen molar-refractivity contribution < 1.29 is 36.7 Å². The first-order valence-electron chi connectivity index (χ1n) is 21.6. The SMILES string of the molecule is Cc1c(C(=O)Nc2cc(C(F)(F)F)ccn2)ccc(-c2nn3c(c2C(N)=O)Nc2ccc(N4CCN(CC5CCN(c6ccc(N7CCC(=O)NC7=O)cc6)CC5)CC4)cc2CC3)c1F. The number of nitrogens with two attached hydrogens (primary N) is 1. The molecule has 0 saturated carbocycles. The Morgan fingerprint density at radius 1 is 0.831 bits per heavy atom. The fraction of sp³-hybridized carbons (Fsp3) is 0.348. The third-order valence-corrected chi connectivity index (χ3v) is 12.8. The molecule has 0 radical (unpaired) electrons. The van der Waals surface area contributed by atoms with E-state index in [1.807, 2.05) is 24.3 Å². The molecule has 4 aliphatic rings. The quantitative estimate of drug-likeness (QED) is 0.119. The minimum Gasteiger partial charge on any atom is -0.372 e. The third-order valence-electron chi connectivity index (χ3n) is 12.8. The van der Waals surface area contributed by atoms with E-state index in [1.54, 1.807) is 9.58 Å². The first kappa shape index (κ1) is 43.2. The van der Waals surface area contributed by atoms with Crippen molar-refractivity contribution in [2.75, 3.05) is 77.7 Å². The Kier molecular flexibility index (Phi) is 11.6. The number of piperazine rings is 1. The highest BCUT2D eigenvalue weighted by Crippen LogP contribution is 2.38. The Hall–Kier alpha value is -7.02. The number of rotatable bonds is 9. The molecule has 0 atom stereocenters. The van der Waals surface area contributed by atoms with Gasteiger partial charge < -0.3 is 26.2 Å². The number of piperidine rings is 1. The summed E-state index contributed by atoms with van der Waals surface area (Å²) in [6, 6.07) is 17.8. The van der Waals surface area contributed by atoms with Gasteiger partial charge in [0, 0.05) is 105 Å². The molecule has 3 fully saturated rings. The number of aromatic nitrogens is 3. The van der Waals surface area contributed by atoms with Crippen LogP contribution in [0.5, 0.6) is 0 Å². The van der Waals surface area contributed by atoms with Gasteiger partial charge in [0.15, 0.2) is 0 Å². The van der Waals surface area contributed by atoms with Crippen molar-refractivity contribution in [1.82, 2.24) is 25.0 Å². The summed E-state index contributed by atoms with van der Waals surface area (Å²) in [5, 5.41) is 12.6. The van der Waals surface area contributed by atoms with Gasteiger partial charge in [0.1, 0.15) is 28.7 Å². The Morgan fingerprint density at radius 3 is 2.25 bits per heavy atom. The highest BCUT2D eigenvalue weighted by molar-refractivity contribution is 6.07. The van der Waals surface area contributed by atoms with Crippen molar-refractivity contribution in [2.24, 2.45) is 11.7 Å². The van der Waals surface area contributed by atoms with Crippen LogP contribution in [0.4, 0.5) is 56.7 Å². The number of fused-ring (bicyclic) bond motifs is 2. The topological polar surface area (TPSA) is 174 Å². The van der Waals surface area contributed by atoms with Crippen molar-refractivity contribution in [3.05, 3.63) is 107 Å². The maximum Gasteiger partial charge on any atom is 0.416 e. The standard InChI is InChI=1S/C46H47F4N11O4/c1-27-34(44(64)54-37-25-30(10-15-52-37)46(48,49)50)7-8-35(40(27)47)41-39(42(51)63)43-53-36-9-6-33(24-29(36)13-19-61(43)56-41)59-22-20-57(21-23-59)26-28-11-16-58(17-12-28)31-2-4-32(5-3-31)60-18-14-38(62)55-45(60)65/h2-10,15,24-25,28,53H,11-14,16-23,26H2,1H3,(H2,51,63)(H,52,54,64)(H,55,62,65). The maximum absolute atomic E-state index is 16.1. The van der Waals surface area contributed by atoms with Crippen LogP contribution in [0.15, 0.2) is 72.9 Å². The normalized spacial score (nSPS) is 17.2. The predicted octanol–water partition coefficient (Wildman–Crippen LogP) is 6.55. The summed E-state index contributed by atoms with van der Waals surface area (Å²) in [5.74, 6) is -2.21. The highest BCUT2D eigenvalue weighted by Gasteiger charge is 2.33. The van der Waals surface area contributed by atoms with Gasteiger partial charge in [0.25, 0.3) is 11.8 Å². The van der Waals surface area contributed by atoms with Gasteiger partial charge >= 0.3 is 12.2 Å². The summed E-state index contributed by atoms with van der Waals surface area (Å²) in [7, 11) is 0. The number of hydrogen-bond donors (Lipinski definition) is 4. The van der Waals surface area contributed by atoms with E-state index < -0.39 is 29.4 Å². The molecular formula is C46H47F4N11O4. The molecule has 3 saturated heterocycles. The van der Waals surface area contributed by atoms with E-state index in [-0.39, 0.29) is 45.7 Å². The number of halogens is 4. The zero-order chi connectivity index (χ0) is 45.6. The number of carbonyl (C=O) groups excluding carboxylic acids is 4. The van der Waals surface area contributed by atoms with Crippen LogP contribution in [-0.4, -0.2) is 95.8 Å². The molecule has 0 bridgehead atoms. The maximum atomic E-state index is 16.1. The molecule has 0 spiro atoms. The molecule has 6 heterocycles. The van der Waals surface area contributed by atoms with E-state index in [2.05, 4.69) is 58.9 Å². The van der Waals surface area contributed by atoms with Crippen LogP contribution in [0.1, 0.15) is 56.7 Å². The van der Waals surface area contributed by atoms with Crippen molar-refractivity contribution in [3.63, 3.8) is 0 Å². The van der Waals surface area contributed by atoms with Gasteiger partial charge in [-0.25, -0.2) is 18.9 Å². The first-order chi connectivity index (χ1) is 31.2. The van der Waals surface area contributed by atoms with E-state index in [0.29, 0.717) is 43.7 Å². The van der Waals surface area contributed by atoms with Crippen molar-refractivity contribution >= 4 is 58.1 Å². The Bertz CT molecular complexity index is 2670. The third kappa shape index (κ3) is 8.92. The van der Waals surface area contributed by atoms with Gasteiger partial charge in [-0.1, -0.05) is 0 Å². The van der Waals surface area contributed by atoms with Crippen molar-refractivity contribution in [3.8, 4) is 11.3 Å². The largest absolute Gasteiger partial charge is 0.416 e. The zero-order valence-electron chi connectivity index (χ0n) is 35.6. The fourth-order valence-corrected chi connectivity index (χ4v) is 9.19. The average Bonchev–Trinajstić information content (AvgIpc) is 3.55. The minimum atomic E-state index is -4.65. The van der Waals surface area contributed by atoms with Crippen LogP contribution in [-0.2, 0) is 23.9 Å². The second-order valence-corrected chi connectivity index (χ2v) is 16.8. The number of amides is 5. The summed E-state index contributed by atoms with van der Waals surface area (Å²) in [6.07, 6.45) is -0.679. The number of nitrogens with zero attached hydrogens (tertiary/aromatic N) is 7. The van der Waals surface area contributed by atoms with E-state index in [0.717, 1.165) is 99.2 Å². The summed E-state index contributed by atoms with van der Waals surface area (Å²) in [6.45, 7) is 8.73.